The fraction of sp³-hybridized carbons (Fsp3) is 0. The third-order valence-corrected chi connectivity index (χ3v) is 9.26. The molecular weight excluding hydrogens is 516 g/mol. The number of para-hydroxylation sites is 3. The highest BCUT2D eigenvalue weighted by Crippen LogP contribution is 2.48. The predicted octanol–water partition coefficient (Wildman–Crippen LogP) is 11.2. The number of thiophene rings is 1. The number of aromatic nitrogens is 1. The summed E-state index contributed by atoms with van der Waals surface area (Å²) in [5.41, 5.74) is 9.75. The van der Waals surface area contributed by atoms with Crippen molar-refractivity contribution in [3.8, 4) is 11.1 Å². The minimum atomic E-state index is 1.14. The molecule has 0 unspecified atom stereocenters. The molecule has 3 heteroatoms. The molecule has 2 nitrogen and oxygen atoms in total. The van der Waals surface area contributed by atoms with Gasteiger partial charge in [0.1, 0.15) is 0 Å². The van der Waals surface area contributed by atoms with Crippen LogP contribution in [0.2, 0.25) is 0 Å². The van der Waals surface area contributed by atoms with E-state index < -0.39 is 0 Å². The van der Waals surface area contributed by atoms with E-state index in [-0.39, 0.29) is 0 Å². The highest BCUT2D eigenvalue weighted by molar-refractivity contribution is 7.17. The molecule has 9 aromatic rings. The van der Waals surface area contributed by atoms with E-state index in [1.54, 1.807) is 11.3 Å². The smallest absolute Gasteiger partial charge is 0.0622 e. The van der Waals surface area contributed by atoms with Gasteiger partial charge >= 0.3 is 0 Å². The van der Waals surface area contributed by atoms with E-state index in [0.717, 1.165) is 11.4 Å². The zero-order valence-electron chi connectivity index (χ0n) is 22.2. The molecule has 0 aliphatic rings. The van der Waals surface area contributed by atoms with E-state index in [2.05, 4.69) is 154 Å². The topological polar surface area (TPSA) is 7.65 Å². The average molecular weight is 541 g/mol. The van der Waals surface area contributed by atoms with Gasteiger partial charge in [-0.05, 0) is 65.5 Å². The van der Waals surface area contributed by atoms with E-state index in [9.17, 15) is 0 Å². The largest absolute Gasteiger partial charge is 0.310 e. The first-order valence-corrected chi connectivity index (χ1v) is 14.8. The lowest BCUT2D eigenvalue weighted by Gasteiger charge is -2.28. The molecule has 0 spiro atoms. The standard InChI is InChI=1S/C38H24N2S/c1-3-11-25(12-4-1)37-30-21-22-41-36(30)20-19-35(37)39(26-13-5-2-6-14-26)27-23-31-28-15-7-9-17-33(28)40-34-18-10-8-16-29(34)32(24-27)38(31)40/h1-24H. The lowest BCUT2D eigenvalue weighted by molar-refractivity contribution is 1.30. The van der Waals surface area contributed by atoms with E-state index in [1.807, 2.05) is 0 Å². The van der Waals surface area contributed by atoms with Gasteiger partial charge in [-0.25, -0.2) is 0 Å². The van der Waals surface area contributed by atoms with E-state index in [4.69, 9.17) is 0 Å². The van der Waals surface area contributed by atoms with Crippen molar-refractivity contribution in [2.24, 2.45) is 0 Å². The summed E-state index contributed by atoms with van der Waals surface area (Å²) < 4.78 is 3.74. The molecule has 0 saturated heterocycles. The van der Waals surface area contributed by atoms with Crippen LogP contribution in [-0.2, 0) is 0 Å². The monoisotopic (exact) mass is 540 g/mol. The predicted molar refractivity (Wildman–Crippen MR) is 177 cm³/mol. The molecule has 3 heterocycles. The van der Waals surface area contributed by atoms with Gasteiger partial charge in [0.15, 0.2) is 0 Å². The molecular formula is C38H24N2S. The Morgan fingerprint density at radius 3 is 1.78 bits per heavy atom. The molecule has 3 aromatic heterocycles. The van der Waals surface area contributed by atoms with Crippen molar-refractivity contribution in [2.75, 3.05) is 4.90 Å². The van der Waals surface area contributed by atoms with Crippen LogP contribution in [0.5, 0.6) is 0 Å². The molecule has 6 aromatic carbocycles. The van der Waals surface area contributed by atoms with Crippen LogP contribution in [0.3, 0.4) is 0 Å². The van der Waals surface area contributed by atoms with Crippen molar-refractivity contribution in [1.82, 2.24) is 4.40 Å². The number of rotatable bonds is 4. The fourth-order valence-electron chi connectivity index (χ4n) is 6.69. The summed E-state index contributed by atoms with van der Waals surface area (Å²) in [6, 6.07) is 50.8. The minimum absolute atomic E-state index is 1.14. The third-order valence-electron chi connectivity index (χ3n) is 8.38. The second-order valence-electron chi connectivity index (χ2n) is 10.6. The van der Waals surface area contributed by atoms with Crippen LogP contribution in [0, 0.1) is 0 Å². The number of anilines is 3. The van der Waals surface area contributed by atoms with Crippen molar-refractivity contribution < 1.29 is 0 Å². The molecule has 0 aliphatic heterocycles. The molecule has 192 valence electrons. The van der Waals surface area contributed by atoms with Crippen LogP contribution >= 0.6 is 11.3 Å². The first-order valence-electron chi connectivity index (χ1n) is 13.9. The Balaban J connectivity index is 1.43. The number of hydrogen-bond acceptors (Lipinski definition) is 2. The van der Waals surface area contributed by atoms with E-state index >= 15 is 0 Å². The second kappa shape index (κ2) is 8.69. The maximum Gasteiger partial charge on any atom is 0.0622 e. The number of nitrogens with zero attached hydrogens (tertiary/aromatic N) is 2. The highest BCUT2D eigenvalue weighted by atomic mass is 32.1. The summed E-state index contributed by atoms with van der Waals surface area (Å²) in [6.45, 7) is 0. The van der Waals surface area contributed by atoms with Gasteiger partial charge in [0.05, 0.1) is 22.2 Å². The fourth-order valence-corrected chi connectivity index (χ4v) is 7.49. The second-order valence-corrected chi connectivity index (χ2v) is 11.5. The maximum absolute atomic E-state index is 2.45. The Morgan fingerprint density at radius 1 is 0.488 bits per heavy atom. The first kappa shape index (κ1) is 22.7. The summed E-state index contributed by atoms with van der Waals surface area (Å²) in [5, 5.41) is 8.61. The molecule has 0 fully saturated rings. The van der Waals surface area contributed by atoms with Crippen LogP contribution in [0.4, 0.5) is 17.1 Å². The number of fused-ring (bicyclic) bond motifs is 7. The Bertz CT molecular complexity index is 2280. The van der Waals surface area contributed by atoms with Crippen LogP contribution in [0.15, 0.2) is 145 Å². The molecule has 9 rings (SSSR count). The molecule has 0 atom stereocenters. The van der Waals surface area contributed by atoms with Crippen molar-refractivity contribution in [1.29, 1.82) is 0 Å². The Labute approximate surface area is 241 Å². The van der Waals surface area contributed by atoms with Gasteiger partial charge in [0, 0.05) is 48.6 Å². The van der Waals surface area contributed by atoms with Crippen molar-refractivity contribution in [3.63, 3.8) is 0 Å². The lowest BCUT2D eigenvalue weighted by Crippen LogP contribution is -2.11. The molecule has 0 aliphatic carbocycles. The maximum atomic E-state index is 2.45. The van der Waals surface area contributed by atoms with Gasteiger partial charge in [-0.15, -0.1) is 11.3 Å². The van der Waals surface area contributed by atoms with Gasteiger partial charge in [-0.2, -0.15) is 0 Å². The summed E-state index contributed by atoms with van der Waals surface area (Å²) in [6.07, 6.45) is 0. The molecule has 0 saturated carbocycles. The minimum Gasteiger partial charge on any atom is -0.310 e. The third kappa shape index (κ3) is 3.24. The van der Waals surface area contributed by atoms with Crippen LogP contribution in [0.1, 0.15) is 0 Å². The van der Waals surface area contributed by atoms with Crippen molar-refractivity contribution >= 4 is 76.6 Å². The van der Waals surface area contributed by atoms with Gasteiger partial charge in [-0.1, -0.05) is 84.9 Å². The molecule has 0 bridgehead atoms. The van der Waals surface area contributed by atoms with Gasteiger partial charge < -0.3 is 9.30 Å². The van der Waals surface area contributed by atoms with Crippen LogP contribution in [0.25, 0.3) is 59.3 Å². The van der Waals surface area contributed by atoms with Crippen LogP contribution < -0.4 is 4.90 Å². The summed E-state index contributed by atoms with van der Waals surface area (Å²) in [7, 11) is 0. The highest BCUT2D eigenvalue weighted by Gasteiger charge is 2.23. The van der Waals surface area contributed by atoms with E-state index in [1.165, 1.54) is 65.0 Å². The molecule has 0 amide bonds. The zero-order valence-corrected chi connectivity index (χ0v) is 23.0. The van der Waals surface area contributed by atoms with E-state index in [0.29, 0.717) is 0 Å². The molecule has 0 N–H and O–H groups in total. The SMILES string of the molecule is c1ccc(-c2c(N(c3ccccc3)c3cc4c5ccccc5n5c6ccccc6c(c3)c45)ccc3sccc23)cc1. The quantitative estimate of drug-likeness (QED) is 0.215. The normalized spacial score (nSPS) is 11.9. The number of hydrogen-bond donors (Lipinski definition) is 0. The Morgan fingerprint density at radius 2 is 1.10 bits per heavy atom. The summed E-state index contributed by atoms with van der Waals surface area (Å²) in [4.78, 5) is 2.45. The average Bonchev–Trinajstić information content (AvgIpc) is 3.74. The summed E-state index contributed by atoms with van der Waals surface area (Å²) >= 11 is 1.80. The van der Waals surface area contributed by atoms with Gasteiger partial charge in [0.25, 0.3) is 0 Å². The van der Waals surface area contributed by atoms with Gasteiger partial charge in [0.2, 0.25) is 0 Å². The Hall–Kier alpha value is -5.12. The zero-order chi connectivity index (χ0) is 26.9. The lowest BCUT2D eigenvalue weighted by atomic mass is 9.98. The molecule has 0 radical (unpaired) electrons. The van der Waals surface area contributed by atoms with Crippen molar-refractivity contribution in [2.45, 2.75) is 0 Å². The first-order chi connectivity index (χ1) is 20.4. The summed E-state index contributed by atoms with van der Waals surface area (Å²) in [5.74, 6) is 0. The number of benzene rings is 6. The van der Waals surface area contributed by atoms with Crippen molar-refractivity contribution in [3.05, 3.63) is 145 Å². The van der Waals surface area contributed by atoms with Gasteiger partial charge in [-0.3, -0.25) is 0 Å². The van der Waals surface area contributed by atoms with Crippen LogP contribution in [-0.4, -0.2) is 4.40 Å². The Kier molecular flexibility index (Phi) is 4.80. The molecule has 41 heavy (non-hydrogen) atoms.